The first-order valence-electron chi connectivity index (χ1n) is 8.86. The van der Waals surface area contributed by atoms with E-state index < -0.39 is 11.5 Å². The second-order valence-corrected chi connectivity index (χ2v) is 7.04. The maximum absolute atomic E-state index is 12.4. The average molecular weight is 445 g/mol. The number of ether oxygens (including phenoxy) is 1. The summed E-state index contributed by atoms with van der Waals surface area (Å²) < 4.78 is 6.76. The Balaban J connectivity index is 1.75. The Morgan fingerprint density at radius 1 is 1.30 bits per heavy atom. The van der Waals surface area contributed by atoms with Gasteiger partial charge in [-0.3, -0.25) is 14.7 Å². The number of carboxylic acids is 1. The van der Waals surface area contributed by atoms with Crippen LogP contribution >= 0.6 is 23.8 Å². The number of hydrogen-bond acceptors (Lipinski definition) is 6. The summed E-state index contributed by atoms with van der Waals surface area (Å²) in [5.41, 5.74) is 1.14. The molecule has 3 rings (SSSR count). The van der Waals surface area contributed by atoms with E-state index in [2.05, 4.69) is 15.3 Å². The molecule has 0 spiro atoms. The monoisotopic (exact) mass is 444 g/mol. The highest BCUT2D eigenvalue weighted by molar-refractivity contribution is 7.71. The van der Waals surface area contributed by atoms with E-state index >= 15 is 0 Å². The van der Waals surface area contributed by atoms with Crippen molar-refractivity contribution in [3.8, 4) is 5.75 Å². The SMILES string of the molecule is O=C(O)CCc1n[nH]c(=S)n(/N=C\c2cccc(OCc3ccc(Cl)cc3)c2)c1=O. The third kappa shape index (κ3) is 5.85. The van der Waals surface area contributed by atoms with Crippen LogP contribution in [0.1, 0.15) is 23.2 Å². The third-order valence-electron chi connectivity index (χ3n) is 3.99. The Kier molecular flexibility index (Phi) is 7.10. The van der Waals surface area contributed by atoms with Gasteiger partial charge in [-0.1, -0.05) is 35.9 Å². The number of carbonyl (C=O) groups is 1. The zero-order valence-electron chi connectivity index (χ0n) is 15.6. The Bertz CT molecular complexity index is 1190. The quantitative estimate of drug-likeness (QED) is 0.407. The molecule has 2 N–H and O–H groups in total. The molecule has 10 heteroatoms. The number of aliphatic carboxylic acids is 1. The molecule has 0 radical (unpaired) electrons. The predicted octanol–water partition coefficient (Wildman–Crippen LogP) is 3.43. The lowest BCUT2D eigenvalue weighted by atomic mass is 10.2. The van der Waals surface area contributed by atoms with E-state index in [1.54, 1.807) is 30.3 Å². The van der Waals surface area contributed by atoms with Crippen LogP contribution in [0.3, 0.4) is 0 Å². The Hall–Kier alpha value is -3.30. The number of rotatable bonds is 8. The number of benzene rings is 2. The molecule has 1 aromatic heterocycles. The molecule has 30 heavy (non-hydrogen) atoms. The molecule has 0 unspecified atom stereocenters. The van der Waals surface area contributed by atoms with Crippen LogP contribution in [-0.2, 0) is 17.8 Å². The highest BCUT2D eigenvalue weighted by atomic mass is 35.5. The first-order chi connectivity index (χ1) is 14.4. The van der Waals surface area contributed by atoms with Crippen LogP contribution in [0, 0.1) is 4.77 Å². The summed E-state index contributed by atoms with van der Waals surface area (Å²) in [5, 5.41) is 19.9. The maximum atomic E-state index is 12.4. The van der Waals surface area contributed by atoms with E-state index in [1.807, 2.05) is 18.2 Å². The molecule has 3 aromatic rings. The van der Waals surface area contributed by atoms with Gasteiger partial charge in [0, 0.05) is 11.4 Å². The number of halogens is 1. The summed E-state index contributed by atoms with van der Waals surface area (Å²) in [6.07, 6.45) is 1.22. The summed E-state index contributed by atoms with van der Waals surface area (Å²) >= 11 is 10.9. The first kappa shape index (κ1) is 21.4. The van der Waals surface area contributed by atoms with Crippen molar-refractivity contribution >= 4 is 36.0 Å². The lowest BCUT2D eigenvalue weighted by Gasteiger charge is -2.07. The van der Waals surface area contributed by atoms with Crippen LogP contribution in [0.2, 0.25) is 5.02 Å². The van der Waals surface area contributed by atoms with Gasteiger partial charge < -0.3 is 9.84 Å². The predicted molar refractivity (Wildman–Crippen MR) is 115 cm³/mol. The number of nitrogens with one attached hydrogen (secondary N) is 1. The molecule has 0 aliphatic rings. The van der Waals surface area contributed by atoms with Crippen molar-refractivity contribution in [1.82, 2.24) is 14.9 Å². The van der Waals surface area contributed by atoms with Crippen molar-refractivity contribution in [2.45, 2.75) is 19.4 Å². The Morgan fingerprint density at radius 3 is 2.80 bits per heavy atom. The molecule has 154 valence electrons. The molecule has 0 atom stereocenters. The van der Waals surface area contributed by atoms with Crippen LogP contribution in [0.25, 0.3) is 0 Å². The van der Waals surface area contributed by atoms with E-state index in [4.69, 9.17) is 33.7 Å². The fourth-order valence-electron chi connectivity index (χ4n) is 2.47. The topological polar surface area (TPSA) is 110 Å². The van der Waals surface area contributed by atoms with Crippen molar-refractivity contribution in [3.05, 3.63) is 85.5 Å². The van der Waals surface area contributed by atoms with E-state index in [-0.39, 0.29) is 23.3 Å². The fraction of sp³-hybridized carbons (Fsp3) is 0.150. The van der Waals surface area contributed by atoms with Gasteiger partial charge in [-0.25, -0.2) is 0 Å². The molecule has 8 nitrogen and oxygen atoms in total. The van der Waals surface area contributed by atoms with Crippen LogP contribution in [-0.4, -0.2) is 32.2 Å². The van der Waals surface area contributed by atoms with Gasteiger partial charge >= 0.3 is 5.97 Å². The molecule has 0 saturated heterocycles. The third-order valence-corrected chi connectivity index (χ3v) is 4.51. The van der Waals surface area contributed by atoms with Crippen molar-refractivity contribution in [3.63, 3.8) is 0 Å². The van der Waals surface area contributed by atoms with E-state index in [0.29, 0.717) is 22.9 Å². The number of aromatic amines is 1. The fourth-order valence-corrected chi connectivity index (χ4v) is 2.78. The van der Waals surface area contributed by atoms with Gasteiger partial charge in [-0.15, -0.1) is 0 Å². The standard InChI is InChI=1S/C20H17ClN4O4S/c21-15-6-4-13(5-7-15)12-29-16-3-1-2-14(10-16)11-22-25-19(28)17(8-9-18(26)27)23-24-20(25)30/h1-7,10-11H,8-9,12H2,(H,24,30)(H,26,27)/b22-11-. The van der Waals surface area contributed by atoms with Gasteiger partial charge in [-0.05, 0) is 47.6 Å². The number of aryl methyl sites for hydroxylation is 1. The number of aromatic nitrogens is 3. The maximum Gasteiger partial charge on any atom is 0.303 e. The molecular weight excluding hydrogens is 428 g/mol. The van der Waals surface area contributed by atoms with E-state index in [0.717, 1.165) is 10.2 Å². The molecule has 1 heterocycles. The smallest absolute Gasteiger partial charge is 0.303 e. The summed E-state index contributed by atoms with van der Waals surface area (Å²) in [4.78, 5) is 23.2. The lowest BCUT2D eigenvalue weighted by Crippen LogP contribution is -2.25. The second-order valence-electron chi connectivity index (χ2n) is 6.22. The molecule has 0 amide bonds. The summed E-state index contributed by atoms with van der Waals surface area (Å²) in [5.74, 6) is -0.396. The van der Waals surface area contributed by atoms with E-state index in [9.17, 15) is 9.59 Å². The molecular formula is C20H17ClN4O4S. The van der Waals surface area contributed by atoms with Gasteiger partial charge in [0.05, 0.1) is 12.6 Å². The van der Waals surface area contributed by atoms with Crippen LogP contribution in [0.5, 0.6) is 5.75 Å². The van der Waals surface area contributed by atoms with Gasteiger partial charge in [0.25, 0.3) is 5.56 Å². The zero-order valence-corrected chi connectivity index (χ0v) is 17.2. The van der Waals surface area contributed by atoms with Crippen LogP contribution in [0.4, 0.5) is 0 Å². The van der Waals surface area contributed by atoms with Crippen molar-refractivity contribution in [2.24, 2.45) is 5.10 Å². The average Bonchev–Trinajstić information content (AvgIpc) is 2.73. The van der Waals surface area contributed by atoms with Crippen molar-refractivity contribution in [1.29, 1.82) is 0 Å². The summed E-state index contributed by atoms with van der Waals surface area (Å²) in [7, 11) is 0. The summed E-state index contributed by atoms with van der Waals surface area (Å²) in [6.45, 7) is 0.375. The van der Waals surface area contributed by atoms with Gasteiger partial charge in [0.2, 0.25) is 4.77 Å². The Labute approximate surface area is 181 Å². The van der Waals surface area contributed by atoms with Crippen molar-refractivity contribution < 1.29 is 14.6 Å². The minimum Gasteiger partial charge on any atom is -0.489 e. The van der Waals surface area contributed by atoms with Crippen molar-refractivity contribution in [2.75, 3.05) is 0 Å². The minimum absolute atomic E-state index is 0.00506. The largest absolute Gasteiger partial charge is 0.489 e. The van der Waals surface area contributed by atoms with Gasteiger partial charge in [0.1, 0.15) is 18.1 Å². The molecule has 0 fully saturated rings. The number of nitrogens with zero attached hydrogens (tertiary/aromatic N) is 3. The molecule has 0 bridgehead atoms. The highest BCUT2D eigenvalue weighted by Gasteiger charge is 2.09. The first-order valence-corrected chi connectivity index (χ1v) is 9.65. The van der Waals surface area contributed by atoms with Gasteiger partial charge in [0.15, 0.2) is 0 Å². The number of carboxylic acid groups (broad SMARTS) is 1. The van der Waals surface area contributed by atoms with Crippen LogP contribution in [0.15, 0.2) is 58.4 Å². The lowest BCUT2D eigenvalue weighted by molar-refractivity contribution is -0.136. The zero-order chi connectivity index (χ0) is 21.5. The molecule has 0 aliphatic carbocycles. The molecule has 0 aliphatic heterocycles. The van der Waals surface area contributed by atoms with E-state index in [1.165, 1.54) is 6.21 Å². The minimum atomic E-state index is -1.02. The summed E-state index contributed by atoms with van der Waals surface area (Å²) in [6, 6.07) is 14.5. The normalized spacial score (nSPS) is 11.0. The molecule has 2 aromatic carbocycles. The van der Waals surface area contributed by atoms with Gasteiger partial charge in [-0.2, -0.15) is 14.9 Å². The highest BCUT2D eigenvalue weighted by Crippen LogP contribution is 2.16. The van der Waals surface area contributed by atoms with Crippen LogP contribution < -0.4 is 10.3 Å². The Morgan fingerprint density at radius 2 is 2.07 bits per heavy atom. The second kappa shape index (κ2) is 9.95. The number of hydrogen-bond donors (Lipinski definition) is 2. The molecule has 0 saturated carbocycles. The number of H-pyrrole nitrogens is 1.